The van der Waals surface area contributed by atoms with Gasteiger partial charge in [0.05, 0.1) is 0 Å². The molecule has 1 N–H and O–H groups in total. The number of hydrogen-bond donors (Lipinski definition) is 1. The number of aromatic nitrogens is 4. The molecule has 14 heavy (non-hydrogen) atoms. The Balaban J connectivity index is 1.70. The van der Waals surface area contributed by atoms with Crippen molar-refractivity contribution >= 4 is 5.95 Å². The fraction of sp³-hybridized carbons (Fsp3) is 0.875. The van der Waals surface area contributed by atoms with Gasteiger partial charge in [0.25, 0.3) is 0 Å². The summed E-state index contributed by atoms with van der Waals surface area (Å²) in [5.74, 6) is 0.740. The number of nitrogens with zero attached hydrogens (tertiary/aromatic N) is 5. The van der Waals surface area contributed by atoms with Crippen LogP contribution in [0.2, 0.25) is 0 Å². The molecule has 0 radical (unpaired) electrons. The summed E-state index contributed by atoms with van der Waals surface area (Å²) < 4.78 is 1.64. The maximum absolute atomic E-state index is 3.85. The Kier molecular flexibility index (Phi) is 2.93. The van der Waals surface area contributed by atoms with Crippen LogP contribution in [0, 0.1) is 0 Å². The summed E-state index contributed by atoms with van der Waals surface area (Å²) in [6.45, 7) is 4.46. The predicted molar refractivity (Wildman–Crippen MR) is 53.0 cm³/mol. The first-order valence-corrected chi connectivity index (χ1v) is 5.05. The molecule has 0 spiro atoms. The number of hydrogen-bond acceptors (Lipinski definition) is 5. The van der Waals surface area contributed by atoms with E-state index < -0.39 is 0 Å². The minimum atomic E-state index is 0.740. The molecular formula is C8H16N6. The molecular weight excluding hydrogens is 180 g/mol. The van der Waals surface area contributed by atoms with Gasteiger partial charge in [-0.25, -0.2) is 4.68 Å². The number of rotatable bonds is 4. The lowest BCUT2D eigenvalue weighted by atomic mass is 10.4. The van der Waals surface area contributed by atoms with Crippen LogP contribution in [0.25, 0.3) is 0 Å². The van der Waals surface area contributed by atoms with Gasteiger partial charge in [0, 0.05) is 20.1 Å². The molecule has 1 fully saturated rings. The first-order valence-electron chi connectivity index (χ1n) is 5.05. The largest absolute Gasteiger partial charge is 0.352 e. The third-order valence-electron chi connectivity index (χ3n) is 2.53. The average Bonchev–Trinajstić information content (AvgIpc) is 2.78. The van der Waals surface area contributed by atoms with E-state index in [1.165, 1.54) is 25.9 Å². The minimum Gasteiger partial charge on any atom is -0.352 e. The average molecular weight is 196 g/mol. The zero-order valence-electron chi connectivity index (χ0n) is 8.48. The summed E-state index contributed by atoms with van der Waals surface area (Å²) in [7, 11) is 1.83. The van der Waals surface area contributed by atoms with Gasteiger partial charge in [0.15, 0.2) is 0 Å². The molecule has 1 aromatic heterocycles. The molecule has 78 valence electrons. The zero-order valence-corrected chi connectivity index (χ0v) is 8.48. The maximum atomic E-state index is 3.85. The molecule has 0 unspecified atom stereocenters. The van der Waals surface area contributed by atoms with Crippen LogP contribution in [-0.2, 0) is 7.05 Å². The quantitative estimate of drug-likeness (QED) is 0.717. The first kappa shape index (κ1) is 9.39. The van der Waals surface area contributed by atoms with Crippen LogP contribution in [0.1, 0.15) is 12.8 Å². The van der Waals surface area contributed by atoms with E-state index in [4.69, 9.17) is 0 Å². The number of anilines is 1. The van der Waals surface area contributed by atoms with Gasteiger partial charge in [-0.1, -0.05) is 5.10 Å². The van der Waals surface area contributed by atoms with Crippen LogP contribution in [0.3, 0.4) is 0 Å². The van der Waals surface area contributed by atoms with Crippen LogP contribution in [0.5, 0.6) is 0 Å². The van der Waals surface area contributed by atoms with Gasteiger partial charge in [-0.2, -0.15) is 0 Å². The van der Waals surface area contributed by atoms with Crippen molar-refractivity contribution in [1.29, 1.82) is 0 Å². The van der Waals surface area contributed by atoms with Crippen LogP contribution >= 0.6 is 0 Å². The van der Waals surface area contributed by atoms with E-state index in [0.29, 0.717) is 0 Å². The first-order chi connectivity index (χ1) is 6.86. The van der Waals surface area contributed by atoms with Crippen LogP contribution in [0.4, 0.5) is 5.95 Å². The van der Waals surface area contributed by atoms with Crippen molar-refractivity contribution in [2.45, 2.75) is 12.8 Å². The van der Waals surface area contributed by atoms with E-state index in [0.717, 1.165) is 19.0 Å². The molecule has 6 nitrogen and oxygen atoms in total. The summed E-state index contributed by atoms with van der Waals surface area (Å²) in [6, 6.07) is 0. The second-order valence-corrected chi connectivity index (χ2v) is 3.60. The SMILES string of the molecule is Cn1nnnc1NCCN1CCCC1. The molecule has 1 saturated heterocycles. The van der Waals surface area contributed by atoms with Crippen molar-refractivity contribution < 1.29 is 0 Å². The Morgan fingerprint density at radius 3 is 2.79 bits per heavy atom. The van der Waals surface area contributed by atoms with Crippen molar-refractivity contribution in [3.63, 3.8) is 0 Å². The number of tetrazole rings is 1. The van der Waals surface area contributed by atoms with Crippen LogP contribution in [-0.4, -0.2) is 51.3 Å². The summed E-state index contributed by atoms with van der Waals surface area (Å²) in [5, 5.41) is 14.4. The molecule has 6 heteroatoms. The summed E-state index contributed by atoms with van der Waals surface area (Å²) in [4.78, 5) is 2.46. The Morgan fingerprint density at radius 1 is 1.36 bits per heavy atom. The highest BCUT2D eigenvalue weighted by Crippen LogP contribution is 2.06. The third kappa shape index (κ3) is 2.20. The Hall–Kier alpha value is -1.17. The van der Waals surface area contributed by atoms with E-state index in [-0.39, 0.29) is 0 Å². The second kappa shape index (κ2) is 4.36. The van der Waals surface area contributed by atoms with E-state index in [1.54, 1.807) is 4.68 Å². The minimum absolute atomic E-state index is 0.740. The molecule has 2 heterocycles. The Bertz CT molecular complexity index is 277. The maximum Gasteiger partial charge on any atom is 0.242 e. The lowest BCUT2D eigenvalue weighted by molar-refractivity contribution is 0.352. The number of aryl methyl sites for hydroxylation is 1. The highest BCUT2D eigenvalue weighted by Gasteiger charge is 2.10. The molecule has 1 aromatic rings. The van der Waals surface area contributed by atoms with Crippen LogP contribution < -0.4 is 5.32 Å². The molecule has 0 bridgehead atoms. The Labute approximate surface area is 83.3 Å². The number of nitrogens with one attached hydrogen (secondary N) is 1. The predicted octanol–water partition coefficient (Wildman–Crippen LogP) is -0.282. The van der Waals surface area contributed by atoms with E-state index >= 15 is 0 Å². The molecule has 0 aromatic carbocycles. The van der Waals surface area contributed by atoms with Crippen LogP contribution in [0.15, 0.2) is 0 Å². The fourth-order valence-electron chi connectivity index (χ4n) is 1.71. The van der Waals surface area contributed by atoms with Gasteiger partial charge in [-0.3, -0.25) is 0 Å². The van der Waals surface area contributed by atoms with Crippen molar-refractivity contribution in [2.75, 3.05) is 31.5 Å². The lowest BCUT2D eigenvalue weighted by Gasteiger charge is -2.14. The smallest absolute Gasteiger partial charge is 0.242 e. The summed E-state index contributed by atoms with van der Waals surface area (Å²) in [6.07, 6.45) is 2.68. The second-order valence-electron chi connectivity index (χ2n) is 3.60. The highest BCUT2D eigenvalue weighted by molar-refractivity contribution is 5.20. The molecule has 0 saturated carbocycles. The van der Waals surface area contributed by atoms with Crippen molar-refractivity contribution in [1.82, 2.24) is 25.1 Å². The van der Waals surface area contributed by atoms with Gasteiger partial charge >= 0.3 is 0 Å². The van der Waals surface area contributed by atoms with E-state index in [1.807, 2.05) is 7.05 Å². The van der Waals surface area contributed by atoms with E-state index in [2.05, 4.69) is 25.7 Å². The lowest BCUT2D eigenvalue weighted by Crippen LogP contribution is -2.26. The Morgan fingerprint density at radius 2 is 2.14 bits per heavy atom. The molecule has 0 aliphatic carbocycles. The standard InChI is InChI=1S/C8H16N6/c1-13-8(10-11-12-13)9-4-7-14-5-2-3-6-14/h2-7H2,1H3,(H,9,10,12). The van der Waals surface area contributed by atoms with Gasteiger partial charge in [0.2, 0.25) is 5.95 Å². The summed E-state index contributed by atoms with van der Waals surface area (Å²) >= 11 is 0. The van der Waals surface area contributed by atoms with Gasteiger partial charge in [0.1, 0.15) is 0 Å². The summed E-state index contributed by atoms with van der Waals surface area (Å²) in [5.41, 5.74) is 0. The van der Waals surface area contributed by atoms with Crippen molar-refractivity contribution in [3.8, 4) is 0 Å². The van der Waals surface area contributed by atoms with Crippen molar-refractivity contribution in [2.24, 2.45) is 7.05 Å². The highest BCUT2D eigenvalue weighted by atomic mass is 15.6. The molecule has 1 aliphatic heterocycles. The topological polar surface area (TPSA) is 58.9 Å². The van der Waals surface area contributed by atoms with Gasteiger partial charge in [-0.05, 0) is 36.4 Å². The van der Waals surface area contributed by atoms with Gasteiger partial charge in [-0.15, -0.1) is 0 Å². The van der Waals surface area contributed by atoms with Crippen molar-refractivity contribution in [3.05, 3.63) is 0 Å². The molecule has 2 rings (SSSR count). The number of likely N-dealkylation sites (tertiary alicyclic amines) is 1. The van der Waals surface area contributed by atoms with Gasteiger partial charge < -0.3 is 10.2 Å². The zero-order chi connectivity index (χ0) is 9.80. The fourth-order valence-corrected chi connectivity index (χ4v) is 1.71. The molecule has 0 atom stereocenters. The molecule has 0 amide bonds. The third-order valence-corrected chi connectivity index (χ3v) is 2.53. The molecule has 1 aliphatic rings. The monoisotopic (exact) mass is 196 g/mol. The van der Waals surface area contributed by atoms with E-state index in [9.17, 15) is 0 Å². The normalized spacial score (nSPS) is 17.5.